The highest BCUT2D eigenvalue weighted by Crippen LogP contribution is 2.15. The van der Waals surface area contributed by atoms with Crippen molar-refractivity contribution < 1.29 is 23.8 Å². The van der Waals surface area contributed by atoms with E-state index in [-0.39, 0.29) is 17.7 Å². The molecule has 1 atom stereocenters. The fourth-order valence-electron chi connectivity index (χ4n) is 2.06. The van der Waals surface area contributed by atoms with Crippen LogP contribution in [0.15, 0.2) is 28.6 Å². The van der Waals surface area contributed by atoms with Crippen LogP contribution in [-0.4, -0.2) is 45.1 Å². The Kier molecular flexibility index (Phi) is 7.31. The van der Waals surface area contributed by atoms with Crippen LogP contribution in [0, 0.1) is 5.92 Å². The van der Waals surface area contributed by atoms with Crippen molar-refractivity contribution in [3.05, 3.63) is 23.6 Å². The molecule has 1 heterocycles. The second-order valence-electron chi connectivity index (χ2n) is 5.45. The molecule has 1 amide bonds. The molecule has 128 valence electrons. The molecule has 0 aliphatic carbocycles. The lowest BCUT2D eigenvalue weighted by Gasteiger charge is -2.18. The minimum atomic E-state index is -0.689. The lowest BCUT2D eigenvalue weighted by atomic mass is 10.0. The lowest BCUT2D eigenvalue weighted by Crippen LogP contribution is -2.43. The third-order valence-corrected chi connectivity index (χ3v) is 3.22. The zero-order valence-electron chi connectivity index (χ0n) is 14.2. The first kappa shape index (κ1) is 18.7. The summed E-state index contributed by atoms with van der Waals surface area (Å²) < 4.78 is 14.9. The topological polar surface area (TPSA) is 86.2 Å². The molecule has 0 saturated heterocycles. The van der Waals surface area contributed by atoms with Crippen LogP contribution in [0.1, 0.15) is 26.7 Å². The number of hydrogen-bond donors (Lipinski definition) is 1. The maximum atomic E-state index is 12.5. The molecule has 0 bridgehead atoms. The number of methoxy groups -OCH3 is 3. The number of amides is 1. The first-order valence-electron chi connectivity index (χ1n) is 7.37. The van der Waals surface area contributed by atoms with Crippen molar-refractivity contribution in [1.29, 1.82) is 0 Å². The molecule has 0 unspecified atom stereocenters. The second-order valence-corrected chi connectivity index (χ2v) is 5.45. The van der Waals surface area contributed by atoms with Gasteiger partial charge in [0.05, 0.1) is 21.3 Å². The van der Waals surface area contributed by atoms with Gasteiger partial charge < -0.3 is 19.5 Å². The van der Waals surface area contributed by atoms with Crippen LogP contribution in [-0.2, 0) is 23.8 Å². The summed E-state index contributed by atoms with van der Waals surface area (Å²) in [6.45, 7) is 3.94. The van der Waals surface area contributed by atoms with Gasteiger partial charge in [0.1, 0.15) is 6.04 Å². The van der Waals surface area contributed by atoms with E-state index in [0.717, 1.165) is 0 Å². The number of aliphatic imine (C=N–C) groups is 1. The number of carbonyl (C=O) groups is 2. The van der Waals surface area contributed by atoms with E-state index in [1.165, 1.54) is 27.4 Å². The molecular formula is C16H24N2O5. The van der Waals surface area contributed by atoms with Gasteiger partial charge in [-0.25, -0.2) is 4.79 Å². The summed E-state index contributed by atoms with van der Waals surface area (Å²) in [6, 6.07) is -0.689. The summed E-state index contributed by atoms with van der Waals surface area (Å²) in [4.78, 5) is 28.4. The van der Waals surface area contributed by atoms with Crippen LogP contribution < -0.4 is 5.32 Å². The average Bonchev–Trinajstić information content (AvgIpc) is 2.75. The van der Waals surface area contributed by atoms with Gasteiger partial charge in [-0.15, -0.1) is 0 Å². The molecule has 1 rings (SSSR count). The summed E-state index contributed by atoms with van der Waals surface area (Å²) in [5.41, 5.74) is 0.426. The van der Waals surface area contributed by atoms with Gasteiger partial charge in [-0.1, -0.05) is 13.8 Å². The summed E-state index contributed by atoms with van der Waals surface area (Å²) in [5.74, 6) is 0.0415. The van der Waals surface area contributed by atoms with Crippen LogP contribution in [0.5, 0.6) is 0 Å². The van der Waals surface area contributed by atoms with Gasteiger partial charge in [0.2, 0.25) is 17.7 Å². The van der Waals surface area contributed by atoms with Crippen molar-refractivity contribution in [1.82, 2.24) is 5.32 Å². The molecule has 0 spiro atoms. The molecule has 23 heavy (non-hydrogen) atoms. The minimum Gasteiger partial charge on any atom is -0.481 e. The Balaban J connectivity index is 2.90. The Morgan fingerprint density at radius 2 is 1.96 bits per heavy atom. The Labute approximate surface area is 136 Å². The van der Waals surface area contributed by atoms with E-state index in [1.54, 1.807) is 6.08 Å². The molecule has 0 aromatic heterocycles. The number of nitrogens with one attached hydrogen (secondary N) is 1. The number of hydrogen-bond acceptors (Lipinski definition) is 6. The van der Waals surface area contributed by atoms with E-state index in [1.807, 2.05) is 13.8 Å². The van der Waals surface area contributed by atoms with Crippen LogP contribution in [0.2, 0.25) is 0 Å². The van der Waals surface area contributed by atoms with Crippen molar-refractivity contribution >= 4 is 17.8 Å². The number of ether oxygens (including phenoxy) is 3. The smallest absolute Gasteiger partial charge is 0.328 e. The Hall–Kier alpha value is -2.31. The van der Waals surface area contributed by atoms with Crippen LogP contribution in [0.25, 0.3) is 0 Å². The first-order valence-corrected chi connectivity index (χ1v) is 7.37. The van der Waals surface area contributed by atoms with Crippen molar-refractivity contribution in [2.75, 3.05) is 21.3 Å². The molecule has 0 aromatic rings. The summed E-state index contributed by atoms with van der Waals surface area (Å²) in [7, 11) is 4.25. The Bertz CT molecular complexity index is 535. The van der Waals surface area contributed by atoms with E-state index in [0.29, 0.717) is 24.3 Å². The molecule has 0 fully saturated rings. The van der Waals surface area contributed by atoms with Crippen molar-refractivity contribution in [2.24, 2.45) is 10.9 Å². The highest BCUT2D eigenvalue weighted by molar-refractivity contribution is 6.03. The average molecular weight is 324 g/mol. The van der Waals surface area contributed by atoms with Gasteiger partial charge in [0, 0.05) is 18.1 Å². The lowest BCUT2D eigenvalue weighted by molar-refractivity contribution is -0.145. The molecule has 1 N–H and O–H groups in total. The first-order chi connectivity index (χ1) is 10.9. The zero-order chi connectivity index (χ0) is 17.4. The SMILES string of the molecule is COC(=O)[C@@H](CC(C)C)NC(=O)C1=CC(OC)=NC(OC)=CC1. The maximum absolute atomic E-state index is 12.5. The second kappa shape index (κ2) is 8.97. The van der Waals surface area contributed by atoms with E-state index >= 15 is 0 Å². The summed E-state index contributed by atoms with van der Waals surface area (Å²) in [6.07, 6.45) is 4.02. The molecule has 1 aliphatic heterocycles. The van der Waals surface area contributed by atoms with Crippen molar-refractivity contribution in [2.45, 2.75) is 32.7 Å². The van der Waals surface area contributed by atoms with Crippen molar-refractivity contribution in [3.8, 4) is 0 Å². The van der Waals surface area contributed by atoms with Gasteiger partial charge in [-0.3, -0.25) is 4.79 Å². The molecular weight excluding hydrogens is 300 g/mol. The highest BCUT2D eigenvalue weighted by atomic mass is 16.5. The number of nitrogens with zero attached hydrogens (tertiary/aromatic N) is 1. The third kappa shape index (κ3) is 5.77. The molecule has 1 aliphatic rings. The van der Waals surface area contributed by atoms with Gasteiger partial charge in [0.25, 0.3) is 0 Å². The zero-order valence-corrected chi connectivity index (χ0v) is 14.2. The molecule has 0 radical (unpaired) electrons. The van der Waals surface area contributed by atoms with E-state index in [2.05, 4.69) is 10.3 Å². The van der Waals surface area contributed by atoms with Crippen LogP contribution in [0.4, 0.5) is 0 Å². The molecule has 0 aromatic carbocycles. The summed E-state index contributed by atoms with van der Waals surface area (Å²) in [5, 5.41) is 2.71. The van der Waals surface area contributed by atoms with Gasteiger partial charge in [-0.05, 0) is 18.4 Å². The van der Waals surface area contributed by atoms with Crippen molar-refractivity contribution in [3.63, 3.8) is 0 Å². The van der Waals surface area contributed by atoms with Crippen LogP contribution in [0.3, 0.4) is 0 Å². The quantitative estimate of drug-likeness (QED) is 0.749. The normalized spacial score (nSPS) is 15.7. The number of esters is 1. The van der Waals surface area contributed by atoms with E-state index in [9.17, 15) is 9.59 Å². The maximum Gasteiger partial charge on any atom is 0.328 e. The van der Waals surface area contributed by atoms with Gasteiger partial charge in [-0.2, -0.15) is 4.99 Å². The van der Waals surface area contributed by atoms with Crippen LogP contribution >= 0.6 is 0 Å². The molecule has 7 nitrogen and oxygen atoms in total. The molecule has 0 saturated carbocycles. The van der Waals surface area contributed by atoms with E-state index < -0.39 is 12.0 Å². The predicted octanol–water partition coefficient (Wildman–Crippen LogP) is 1.55. The highest BCUT2D eigenvalue weighted by Gasteiger charge is 2.24. The Morgan fingerprint density at radius 3 is 2.48 bits per heavy atom. The molecule has 7 heteroatoms. The van der Waals surface area contributed by atoms with Gasteiger partial charge >= 0.3 is 5.97 Å². The number of rotatable bonds is 6. The summed E-state index contributed by atoms with van der Waals surface area (Å²) >= 11 is 0. The number of allylic oxidation sites excluding steroid dienone is 1. The standard InChI is InChI=1S/C16H24N2O5/c1-10(2)8-12(16(20)23-5)17-15(19)11-6-7-13(21-3)18-14(9-11)22-4/h7,9-10,12H,6,8H2,1-5H3,(H,17,19)/t12-/m1/s1. The van der Waals surface area contributed by atoms with E-state index in [4.69, 9.17) is 14.2 Å². The minimum absolute atomic E-state index is 0.235. The fraction of sp³-hybridized carbons (Fsp3) is 0.562. The fourth-order valence-corrected chi connectivity index (χ4v) is 2.06. The largest absolute Gasteiger partial charge is 0.481 e. The Morgan fingerprint density at radius 1 is 1.26 bits per heavy atom. The number of carbonyl (C=O) groups excluding carboxylic acids is 2. The third-order valence-electron chi connectivity index (χ3n) is 3.22. The van der Waals surface area contributed by atoms with Gasteiger partial charge in [0.15, 0.2) is 0 Å². The monoisotopic (exact) mass is 324 g/mol. The predicted molar refractivity (Wildman–Crippen MR) is 85.6 cm³/mol.